The maximum absolute atomic E-state index is 14.0. The van der Waals surface area contributed by atoms with E-state index in [1.54, 1.807) is 41.5 Å². The fourth-order valence-electron chi connectivity index (χ4n) is 3.49. The van der Waals surface area contributed by atoms with Gasteiger partial charge in [-0.15, -0.1) is 0 Å². The van der Waals surface area contributed by atoms with Gasteiger partial charge >= 0.3 is 0 Å². The number of benzene rings is 2. The lowest BCUT2D eigenvalue weighted by atomic mass is 10.0. The lowest BCUT2D eigenvalue weighted by Crippen LogP contribution is -2.14. The molecule has 36 heavy (non-hydrogen) atoms. The van der Waals surface area contributed by atoms with Gasteiger partial charge in [-0.1, -0.05) is 17.9 Å². The Morgan fingerprint density at radius 3 is 2.53 bits per heavy atom. The van der Waals surface area contributed by atoms with E-state index in [1.807, 2.05) is 45.2 Å². The summed E-state index contributed by atoms with van der Waals surface area (Å²) in [6.45, 7) is 2.48. The highest BCUT2D eigenvalue weighted by atomic mass is 19.1. The van der Waals surface area contributed by atoms with Crippen LogP contribution in [-0.4, -0.2) is 44.7 Å². The molecule has 2 aromatic heterocycles. The number of aryl methyl sites for hydroxylation is 2. The molecule has 0 unspecified atom stereocenters. The molecule has 0 fully saturated rings. The maximum atomic E-state index is 14.0. The monoisotopic (exact) mass is 483 g/mol. The van der Waals surface area contributed by atoms with Crippen molar-refractivity contribution in [3.8, 4) is 11.8 Å². The maximum Gasteiger partial charge on any atom is 0.255 e. The van der Waals surface area contributed by atoms with Gasteiger partial charge in [-0.25, -0.2) is 14.4 Å². The number of nitrogens with one attached hydrogen (secondary N) is 2. The van der Waals surface area contributed by atoms with Gasteiger partial charge in [-0.3, -0.25) is 9.48 Å². The molecule has 0 aliphatic carbocycles. The van der Waals surface area contributed by atoms with Gasteiger partial charge in [0.2, 0.25) is 5.95 Å². The standard InChI is InChI=1S/C27H26FN7O/c1-18-5-7-22(26(36)32-24-10-20(16-34(2)3)9-23(28)12-24)11-21(18)8-6-19-13-29-27(30-14-19)33-25-15-31-35(4)17-25/h5,7,9-15,17H,16H2,1-4H3,(H,32,36)(H,29,30,33). The van der Waals surface area contributed by atoms with E-state index in [1.165, 1.54) is 12.1 Å². The van der Waals surface area contributed by atoms with Crippen LogP contribution >= 0.6 is 0 Å². The van der Waals surface area contributed by atoms with Gasteiger partial charge in [-0.2, -0.15) is 5.10 Å². The van der Waals surface area contributed by atoms with Crippen LogP contribution in [0.2, 0.25) is 0 Å². The lowest BCUT2D eigenvalue weighted by molar-refractivity contribution is 0.102. The molecule has 0 aliphatic heterocycles. The summed E-state index contributed by atoms with van der Waals surface area (Å²) in [4.78, 5) is 23.4. The quantitative estimate of drug-likeness (QED) is 0.401. The molecule has 0 aliphatic rings. The average Bonchev–Trinajstić information content (AvgIpc) is 3.23. The molecule has 182 valence electrons. The smallest absolute Gasteiger partial charge is 0.255 e. The lowest BCUT2D eigenvalue weighted by Gasteiger charge is -2.12. The molecule has 0 atom stereocenters. The highest BCUT2D eigenvalue weighted by molar-refractivity contribution is 6.04. The summed E-state index contributed by atoms with van der Waals surface area (Å²) in [7, 11) is 5.63. The summed E-state index contributed by atoms with van der Waals surface area (Å²) in [6.07, 6.45) is 6.75. The zero-order valence-corrected chi connectivity index (χ0v) is 20.5. The average molecular weight is 484 g/mol. The number of anilines is 3. The predicted molar refractivity (Wildman–Crippen MR) is 137 cm³/mol. The zero-order chi connectivity index (χ0) is 25.7. The van der Waals surface area contributed by atoms with Crippen LogP contribution < -0.4 is 10.6 Å². The Morgan fingerprint density at radius 1 is 1.06 bits per heavy atom. The van der Waals surface area contributed by atoms with Crippen molar-refractivity contribution in [1.29, 1.82) is 0 Å². The fraction of sp³-hybridized carbons (Fsp3) is 0.185. The van der Waals surface area contributed by atoms with Gasteiger partial charge in [0.05, 0.1) is 17.4 Å². The second kappa shape index (κ2) is 10.8. The summed E-state index contributed by atoms with van der Waals surface area (Å²) in [5, 5.41) is 9.94. The number of rotatable bonds is 6. The van der Waals surface area contributed by atoms with Crippen molar-refractivity contribution in [2.45, 2.75) is 13.5 Å². The van der Waals surface area contributed by atoms with Crippen LogP contribution in [-0.2, 0) is 13.6 Å². The Balaban J connectivity index is 1.47. The van der Waals surface area contributed by atoms with Crippen LogP contribution in [0.4, 0.5) is 21.7 Å². The first kappa shape index (κ1) is 24.6. The molecule has 4 aromatic rings. The van der Waals surface area contributed by atoms with E-state index in [0.717, 1.165) is 16.8 Å². The van der Waals surface area contributed by atoms with Crippen molar-refractivity contribution >= 4 is 23.2 Å². The topological polar surface area (TPSA) is 88.0 Å². The third-order valence-corrected chi connectivity index (χ3v) is 5.17. The molecular formula is C27H26FN7O. The van der Waals surface area contributed by atoms with Gasteiger partial charge in [0.15, 0.2) is 0 Å². The number of carbonyl (C=O) groups is 1. The summed E-state index contributed by atoms with van der Waals surface area (Å²) < 4.78 is 15.7. The molecule has 0 saturated heterocycles. The molecule has 4 rings (SSSR count). The number of carbonyl (C=O) groups excluding carboxylic acids is 1. The van der Waals surface area contributed by atoms with Crippen molar-refractivity contribution in [2.24, 2.45) is 7.05 Å². The first-order valence-corrected chi connectivity index (χ1v) is 11.2. The zero-order valence-electron chi connectivity index (χ0n) is 20.5. The largest absolute Gasteiger partial charge is 0.322 e. The van der Waals surface area contributed by atoms with Gasteiger partial charge in [0.1, 0.15) is 5.82 Å². The van der Waals surface area contributed by atoms with Crippen molar-refractivity contribution in [3.05, 3.63) is 94.8 Å². The molecule has 0 spiro atoms. The molecule has 2 aromatic carbocycles. The van der Waals surface area contributed by atoms with Gasteiger partial charge in [-0.05, 0) is 62.5 Å². The third kappa shape index (κ3) is 6.52. The normalized spacial score (nSPS) is 10.6. The molecule has 0 bridgehead atoms. The van der Waals surface area contributed by atoms with Crippen LogP contribution in [0.1, 0.15) is 32.6 Å². The van der Waals surface area contributed by atoms with Crippen molar-refractivity contribution < 1.29 is 9.18 Å². The minimum absolute atomic E-state index is 0.339. The molecule has 9 heteroatoms. The van der Waals surface area contributed by atoms with E-state index in [9.17, 15) is 9.18 Å². The molecule has 1 amide bonds. The Morgan fingerprint density at radius 2 is 1.83 bits per heavy atom. The second-order valence-electron chi connectivity index (χ2n) is 8.64. The minimum atomic E-state index is -0.399. The first-order valence-electron chi connectivity index (χ1n) is 11.2. The van der Waals surface area contributed by atoms with Gasteiger partial charge in [0.25, 0.3) is 5.91 Å². The van der Waals surface area contributed by atoms with E-state index in [4.69, 9.17) is 0 Å². The molecule has 2 heterocycles. The Hall–Kier alpha value is -4.55. The highest BCUT2D eigenvalue weighted by Crippen LogP contribution is 2.18. The van der Waals surface area contributed by atoms with Crippen molar-refractivity contribution in [2.75, 3.05) is 24.7 Å². The van der Waals surface area contributed by atoms with E-state index >= 15 is 0 Å². The summed E-state index contributed by atoms with van der Waals surface area (Å²) in [6, 6.07) is 9.80. The van der Waals surface area contributed by atoms with Gasteiger partial charge < -0.3 is 15.5 Å². The second-order valence-corrected chi connectivity index (χ2v) is 8.64. The summed E-state index contributed by atoms with van der Waals surface area (Å²) in [5.41, 5.74) is 4.65. The number of nitrogens with zero attached hydrogens (tertiary/aromatic N) is 5. The minimum Gasteiger partial charge on any atom is -0.322 e. The van der Waals surface area contributed by atoms with Crippen molar-refractivity contribution in [1.82, 2.24) is 24.6 Å². The number of hydrogen-bond donors (Lipinski definition) is 2. The van der Waals surface area contributed by atoms with E-state index < -0.39 is 5.82 Å². The Labute approximate surface area is 209 Å². The molecule has 0 saturated carbocycles. The van der Waals surface area contributed by atoms with E-state index in [0.29, 0.717) is 34.9 Å². The van der Waals surface area contributed by atoms with Crippen LogP contribution in [0.3, 0.4) is 0 Å². The number of hydrogen-bond acceptors (Lipinski definition) is 6. The Bertz CT molecular complexity index is 1450. The molecule has 2 N–H and O–H groups in total. The first-order chi connectivity index (χ1) is 17.2. The molecule has 8 nitrogen and oxygen atoms in total. The van der Waals surface area contributed by atoms with Crippen LogP contribution in [0.5, 0.6) is 0 Å². The predicted octanol–water partition coefficient (Wildman–Crippen LogP) is 4.11. The number of aromatic nitrogens is 4. The van der Waals surface area contributed by atoms with E-state index in [2.05, 4.69) is 37.5 Å². The van der Waals surface area contributed by atoms with Gasteiger partial charge in [0, 0.05) is 49.0 Å². The number of halogens is 1. The Kier molecular flexibility index (Phi) is 7.37. The summed E-state index contributed by atoms with van der Waals surface area (Å²) >= 11 is 0. The fourth-order valence-corrected chi connectivity index (χ4v) is 3.49. The van der Waals surface area contributed by atoms with Crippen LogP contribution in [0, 0.1) is 24.6 Å². The third-order valence-electron chi connectivity index (χ3n) is 5.17. The molecular weight excluding hydrogens is 457 g/mol. The SMILES string of the molecule is Cc1ccc(C(=O)Nc2cc(F)cc(CN(C)C)c2)cc1C#Cc1cnc(Nc2cnn(C)c2)nc1. The number of amides is 1. The summed E-state index contributed by atoms with van der Waals surface area (Å²) in [5.74, 6) is 5.83. The van der Waals surface area contributed by atoms with Crippen molar-refractivity contribution in [3.63, 3.8) is 0 Å². The highest BCUT2D eigenvalue weighted by Gasteiger charge is 2.10. The van der Waals surface area contributed by atoms with Crippen LogP contribution in [0.15, 0.2) is 61.2 Å². The van der Waals surface area contributed by atoms with Crippen LogP contribution in [0.25, 0.3) is 0 Å². The molecule has 0 radical (unpaired) electrons. The van der Waals surface area contributed by atoms with E-state index in [-0.39, 0.29) is 5.91 Å².